The highest BCUT2D eigenvalue weighted by Gasteiger charge is 2.09. The molecule has 0 unspecified atom stereocenters. The number of ketones is 1. The molecule has 0 amide bonds. The monoisotopic (exact) mass is 426 g/mol. The average molecular weight is 427 g/mol. The van der Waals surface area contributed by atoms with E-state index >= 15 is 0 Å². The molecule has 2 aromatic rings. The number of carbonyl (C=O) groups is 2. The largest absolute Gasteiger partial charge is 0.359 e. The third-order valence-corrected chi connectivity index (χ3v) is 4.64. The van der Waals surface area contributed by atoms with Gasteiger partial charge in [0.1, 0.15) is 6.29 Å². The Morgan fingerprint density at radius 2 is 1.70 bits per heavy atom. The molecule has 0 aliphatic carbocycles. The van der Waals surface area contributed by atoms with Gasteiger partial charge >= 0.3 is 0 Å². The Hall–Kier alpha value is -2.37. The molecule has 0 aliphatic rings. The minimum Gasteiger partial charge on any atom is -0.359 e. The predicted molar refractivity (Wildman–Crippen MR) is 131 cm³/mol. The van der Waals surface area contributed by atoms with Crippen molar-refractivity contribution in [3.05, 3.63) is 77.5 Å². The van der Waals surface area contributed by atoms with Crippen LogP contribution in [0.2, 0.25) is 0 Å². The first-order valence-corrected chi connectivity index (χ1v) is 11.0. The van der Waals surface area contributed by atoms with Crippen LogP contribution in [0.4, 0.5) is 5.69 Å². The Kier molecular flexibility index (Phi) is 13.2. The fourth-order valence-corrected chi connectivity index (χ4v) is 2.87. The first kappa shape index (κ1) is 25.7. The molecule has 0 aliphatic heterocycles. The van der Waals surface area contributed by atoms with E-state index in [1.807, 2.05) is 62.5 Å². The third kappa shape index (κ3) is 10.4. The molecule has 162 valence electrons. The average Bonchev–Trinajstić information content (AvgIpc) is 2.76. The van der Waals surface area contributed by atoms with Crippen molar-refractivity contribution >= 4 is 30.4 Å². The molecule has 2 rings (SSSR count). The summed E-state index contributed by atoms with van der Waals surface area (Å²) in [5.74, 6) is 0.379. The Bertz CT molecular complexity index is 788. The van der Waals surface area contributed by atoms with E-state index < -0.39 is 0 Å². The Morgan fingerprint density at radius 3 is 2.33 bits per heavy atom. The third-order valence-electron chi connectivity index (χ3n) is 4.49. The highest BCUT2D eigenvalue weighted by Crippen LogP contribution is 2.18. The molecule has 0 spiro atoms. The van der Waals surface area contributed by atoms with Crippen LogP contribution in [0, 0.1) is 6.92 Å². The van der Waals surface area contributed by atoms with Gasteiger partial charge in [0.05, 0.1) is 0 Å². The van der Waals surface area contributed by atoms with Crippen molar-refractivity contribution in [3.63, 3.8) is 0 Å². The lowest BCUT2D eigenvalue weighted by Crippen LogP contribution is -2.07. The number of carbonyl (C=O) groups excluding carboxylic acids is 2. The van der Waals surface area contributed by atoms with Gasteiger partial charge in [0.25, 0.3) is 0 Å². The molecule has 0 fully saturated rings. The molecule has 0 saturated heterocycles. The summed E-state index contributed by atoms with van der Waals surface area (Å²) < 4.78 is 0. The minimum atomic E-state index is 0.0452. The number of aldehydes is 1. The molecule has 5 heteroatoms. The first-order valence-electron chi connectivity index (χ1n) is 10.4. The van der Waals surface area contributed by atoms with E-state index in [-0.39, 0.29) is 5.78 Å². The summed E-state index contributed by atoms with van der Waals surface area (Å²) in [6.07, 6.45) is 6.51. The second kappa shape index (κ2) is 15.5. The SMILES string of the molecule is C=C(CCCCCCNC)Nc1cccc(C(=O)c2ccc(C)cc2)c1.O=CCS. The van der Waals surface area contributed by atoms with Gasteiger partial charge < -0.3 is 15.4 Å². The second-order valence-corrected chi connectivity index (χ2v) is 7.49. The van der Waals surface area contributed by atoms with Crippen molar-refractivity contribution in [1.29, 1.82) is 0 Å². The summed E-state index contributed by atoms with van der Waals surface area (Å²) in [6, 6.07) is 15.3. The van der Waals surface area contributed by atoms with Crippen molar-refractivity contribution in [2.75, 3.05) is 24.7 Å². The van der Waals surface area contributed by atoms with Gasteiger partial charge in [-0.1, -0.05) is 61.4 Å². The smallest absolute Gasteiger partial charge is 0.193 e. The lowest BCUT2D eigenvalue weighted by Gasteiger charge is -2.11. The van der Waals surface area contributed by atoms with Crippen molar-refractivity contribution in [1.82, 2.24) is 5.32 Å². The van der Waals surface area contributed by atoms with E-state index in [1.165, 1.54) is 19.3 Å². The lowest BCUT2D eigenvalue weighted by atomic mass is 10.0. The quantitative estimate of drug-likeness (QED) is 0.183. The molecule has 0 bridgehead atoms. The number of allylic oxidation sites excluding steroid dienone is 1. The van der Waals surface area contributed by atoms with Crippen molar-refractivity contribution < 1.29 is 9.59 Å². The topological polar surface area (TPSA) is 58.2 Å². The van der Waals surface area contributed by atoms with E-state index in [0.29, 0.717) is 16.9 Å². The van der Waals surface area contributed by atoms with Gasteiger partial charge in [0, 0.05) is 28.3 Å². The maximum Gasteiger partial charge on any atom is 0.193 e. The summed E-state index contributed by atoms with van der Waals surface area (Å²) in [5, 5.41) is 6.51. The van der Waals surface area contributed by atoms with Crippen LogP contribution >= 0.6 is 12.6 Å². The van der Waals surface area contributed by atoms with Crippen LogP contribution in [-0.2, 0) is 4.79 Å². The van der Waals surface area contributed by atoms with Crippen LogP contribution in [0.1, 0.15) is 53.6 Å². The number of thiol groups is 1. The Labute approximate surface area is 186 Å². The van der Waals surface area contributed by atoms with E-state index in [2.05, 4.69) is 29.8 Å². The van der Waals surface area contributed by atoms with E-state index in [9.17, 15) is 4.79 Å². The molecule has 0 radical (unpaired) electrons. The normalized spacial score (nSPS) is 9.97. The van der Waals surface area contributed by atoms with Gasteiger partial charge in [-0.25, -0.2) is 0 Å². The van der Waals surface area contributed by atoms with Crippen LogP contribution in [0.3, 0.4) is 0 Å². The summed E-state index contributed by atoms with van der Waals surface area (Å²) in [5.41, 5.74) is 4.48. The number of benzene rings is 2. The molecule has 4 nitrogen and oxygen atoms in total. The number of aryl methyl sites for hydroxylation is 1. The van der Waals surface area contributed by atoms with Gasteiger partial charge in [0.2, 0.25) is 0 Å². The lowest BCUT2D eigenvalue weighted by molar-refractivity contribution is -0.105. The summed E-state index contributed by atoms with van der Waals surface area (Å²) in [7, 11) is 1.99. The fourth-order valence-electron chi connectivity index (χ4n) is 2.87. The van der Waals surface area contributed by atoms with Gasteiger partial charge in [0.15, 0.2) is 5.78 Å². The van der Waals surface area contributed by atoms with Gasteiger partial charge in [-0.15, -0.1) is 0 Å². The summed E-state index contributed by atoms with van der Waals surface area (Å²) in [4.78, 5) is 21.7. The fraction of sp³-hybridized carbons (Fsp3) is 0.360. The predicted octanol–water partition coefficient (Wildman–Crippen LogP) is 5.44. The first-order chi connectivity index (χ1) is 14.5. The van der Waals surface area contributed by atoms with Crippen LogP contribution in [0.15, 0.2) is 60.8 Å². The van der Waals surface area contributed by atoms with E-state index in [0.717, 1.165) is 42.6 Å². The highest BCUT2D eigenvalue weighted by atomic mass is 32.1. The van der Waals surface area contributed by atoms with E-state index in [4.69, 9.17) is 4.79 Å². The van der Waals surface area contributed by atoms with Crippen LogP contribution in [-0.4, -0.2) is 31.4 Å². The molecule has 0 saturated carbocycles. The van der Waals surface area contributed by atoms with Crippen molar-refractivity contribution in [2.45, 2.75) is 39.0 Å². The zero-order valence-electron chi connectivity index (χ0n) is 18.1. The Balaban J connectivity index is 0.00000103. The number of nitrogens with one attached hydrogen (secondary N) is 2. The molecular weight excluding hydrogens is 392 g/mol. The number of hydrogen-bond donors (Lipinski definition) is 3. The van der Waals surface area contributed by atoms with Gasteiger partial charge in [-0.3, -0.25) is 4.79 Å². The number of hydrogen-bond acceptors (Lipinski definition) is 5. The van der Waals surface area contributed by atoms with Gasteiger partial charge in [-0.05, 0) is 51.9 Å². The molecule has 30 heavy (non-hydrogen) atoms. The number of rotatable bonds is 12. The maximum absolute atomic E-state index is 12.6. The zero-order chi connectivity index (χ0) is 22.2. The van der Waals surface area contributed by atoms with Crippen molar-refractivity contribution in [3.8, 4) is 0 Å². The molecule has 0 aromatic heterocycles. The summed E-state index contributed by atoms with van der Waals surface area (Å²) in [6.45, 7) is 7.22. The molecule has 2 aromatic carbocycles. The number of anilines is 1. The van der Waals surface area contributed by atoms with E-state index in [1.54, 1.807) is 0 Å². The molecule has 2 N–H and O–H groups in total. The van der Waals surface area contributed by atoms with Crippen LogP contribution in [0.25, 0.3) is 0 Å². The Morgan fingerprint density at radius 1 is 1.03 bits per heavy atom. The highest BCUT2D eigenvalue weighted by molar-refractivity contribution is 7.80. The number of unbranched alkanes of at least 4 members (excludes halogenated alkanes) is 3. The van der Waals surface area contributed by atoms with Crippen molar-refractivity contribution in [2.24, 2.45) is 0 Å². The molecular formula is C25H34N2O2S. The van der Waals surface area contributed by atoms with Crippen LogP contribution < -0.4 is 10.6 Å². The minimum absolute atomic E-state index is 0.0452. The molecule has 0 heterocycles. The van der Waals surface area contributed by atoms with Crippen LogP contribution in [0.5, 0.6) is 0 Å². The second-order valence-electron chi connectivity index (χ2n) is 7.12. The standard InChI is InChI=1S/C23H30N2O.C2H4OS/c1-18-12-14-20(15-13-18)23(26)21-10-8-11-22(17-21)25-19(2)9-6-4-5-7-16-24-3;3-1-2-4/h8,10-15,17,24-25H,2,4-7,9,16H2,1,3H3;1,4H,2H2. The molecule has 0 atom stereocenters. The zero-order valence-corrected chi connectivity index (χ0v) is 19.0. The maximum atomic E-state index is 12.6. The summed E-state index contributed by atoms with van der Waals surface area (Å²) >= 11 is 3.55. The van der Waals surface area contributed by atoms with Gasteiger partial charge in [-0.2, -0.15) is 12.6 Å².